The molecule has 0 saturated heterocycles. The number of hydrazone groups is 1. The van der Waals surface area contributed by atoms with Crippen LogP contribution in [-0.4, -0.2) is 39.7 Å². The van der Waals surface area contributed by atoms with Crippen molar-refractivity contribution >= 4 is 50.2 Å². The molecule has 0 aliphatic heterocycles. The van der Waals surface area contributed by atoms with Gasteiger partial charge in [-0.15, -0.1) is 10.2 Å². The van der Waals surface area contributed by atoms with Gasteiger partial charge in [-0.25, -0.2) is 5.43 Å². The summed E-state index contributed by atoms with van der Waals surface area (Å²) < 4.78 is 14.0. The number of hydrogen-bond donors (Lipinski definition) is 1. The second-order valence-electron chi connectivity index (χ2n) is 6.66. The van der Waals surface area contributed by atoms with Crippen LogP contribution in [0.15, 0.2) is 46.0 Å². The molecule has 154 valence electrons. The minimum atomic E-state index is 0.318. The lowest BCUT2D eigenvalue weighted by Crippen LogP contribution is -2.01. The minimum absolute atomic E-state index is 0.318. The number of fused-ring (bicyclic) bond motifs is 3. The molecule has 0 aliphatic rings. The van der Waals surface area contributed by atoms with Gasteiger partial charge in [-0.2, -0.15) is 10.1 Å². The fourth-order valence-corrected chi connectivity index (χ4v) is 3.50. The Labute approximate surface area is 182 Å². The molecule has 0 radical (unpaired) electrons. The van der Waals surface area contributed by atoms with Crippen molar-refractivity contribution in [3.63, 3.8) is 0 Å². The Morgan fingerprint density at radius 1 is 1.17 bits per heavy atom. The number of rotatable bonds is 7. The normalized spacial score (nSPS) is 11.5. The first-order valence-corrected chi connectivity index (χ1v) is 10.3. The van der Waals surface area contributed by atoms with Gasteiger partial charge in [-0.1, -0.05) is 22.9 Å². The van der Waals surface area contributed by atoms with E-state index in [0.29, 0.717) is 24.1 Å². The van der Waals surface area contributed by atoms with E-state index in [9.17, 15) is 0 Å². The van der Waals surface area contributed by atoms with Crippen molar-refractivity contribution in [2.75, 3.05) is 19.1 Å². The number of aryl methyl sites for hydroxylation is 1. The molecule has 0 unspecified atom stereocenters. The summed E-state index contributed by atoms with van der Waals surface area (Å²) in [5.74, 6) is 1.69. The van der Waals surface area contributed by atoms with Gasteiger partial charge in [0.2, 0.25) is 0 Å². The Hall–Kier alpha value is -3.20. The quantitative estimate of drug-likeness (QED) is 0.316. The Morgan fingerprint density at radius 3 is 2.83 bits per heavy atom. The van der Waals surface area contributed by atoms with Crippen LogP contribution in [0.5, 0.6) is 11.5 Å². The summed E-state index contributed by atoms with van der Waals surface area (Å²) in [6.45, 7) is 2.70. The first-order chi connectivity index (χ1) is 14.6. The average Bonchev–Trinajstić information content (AvgIpc) is 3.03. The highest BCUT2D eigenvalue weighted by molar-refractivity contribution is 9.10. The maximum Gasteiger partial charge on any atom is 0.265 e. The molecule has 4 aromatic rings. The van der Waals surface area contributed by atoms with Crippen LogP contribution in [-0.2, 0) is 7.05 Å². The van der Waals surface area contributed by atoms with Crippen molar-refractivity contribution in [2.45, 2.75) is 13.3 Å². The number of benzene rings is 2. The van der Waals surface area contributed by atoms with E-state index >= 15 is 0 Å². The molecular weight excluding hydrogens is 448 g/mol. The van der Waals surface area contributed by atoms with E-state index in [1.807, 2.05) is 48.0 Å². The topological polar surface area (TPSA) is 86.5 Å². The van der Waals surface area contributed by atoms with Crippen molar-refractivity contribution in [2.24, 2.45) is 12.1 Å². The number of anilines is 1. The van der Waals surface area contributed by atoms with Crippen LogP contribution in [0, 0.1) is 0 Å². The molecule has 0 bridgehead atoms. The van der Waals surface area contributed by atoms with Crippen LogP contribution in [0.1, 0.15) is 18.9 Å². The predicted molar refractivity (Wildman–Crippen MR) is 122 cm³/mol. The number of nitrogens with one attached hydrogen (secondary N) is 1. The van der Waals surface area contributed by atoms with E-state index in [4.69, 9.17) is 9.47 Å². The summed E-state index contributed by atoms with van der Waals surface area (Å²) in [6, 6.07) is 11.7. The second-order valence-corrected chi connectivity index (χ2v) is 7.57. The summed E-state index contributed by atoms with van der Waals surface area (Å²) in [5, 5.41) is 13.7. The van der Waals surface area contributed by atoms with Crippen LogP contribution in [0.2, 0.25) is 0 Å². The average molecular weight is 469 g/mol. The molecule has 0 saturated carbocycles. The van der Waals surface area contributed by atoms with Crippen LogP contribution in [0.3, 0.4) is 0 Å². The first-order valence-electron chi connectivity index (χ1n) is 9.49. The van der Waals surface area contributed by atoms with E-state index in [1.54, 1.807) is 13.3 Å². The Balaban J connectivity index is 1.55. The van der Waals surface area contributed by atoms with Gasteiger partial charge in [-0.05, 0) is 48.4 Å². The van der Waals surface area contributed by atoms with Gasteiger partial charge in [0, 0.05) is 16.9 Å². The van der Waals surface area contributed by atoms with E-state index in [1.165, 1.54) is 0 Å². The summed E-state index contributed by atoms with van der Waals surface area (Å²) in [6.07, 6.45) is 2.60. The van der Waals surface area contributed by atoms with Gasteiger partial charge < -0.3 is 14.0 Å². The molecule has 2 aromatic carbocycles. The highest BCUT2D eigenvalue weighted by Crippen LogP contribution is 2.29. The molecule has 0 amide bonds. The van der Waals surface area contributed by atoms with Crippen LogP contribution in [0.4, 0.5) is 5.95 Å². The molecule has 0 atom stereocenters. The third kappa shape index (κ3) is 3.93. The zero-order valence-corrected chi connectivity index (χ0v) is 18.5. The van der Waals surface area contributed by atoms with Crippen molar-refractivity contribution in [1.29, 1.82) is 0 Å². The Bertz CT molecular complexity index is 1240. The van der Waals surface area contributed by atoms with Crippen molar-refractivity contribution in [3.05, 3.63) is 46.4 Å². The fourth-order valence-electron chi connectivity index (χ4n) is 3.14. The third-order valence-electron chi connectivity index (χ3n) is 4.59. The number of methoxy groups -OCH3 is 1. The molecule has 2 heterocycles. The van der Waals surface area contributed by atoms with Crippen LogP contribution < -0.4 is 14.9 Å². The van der Waals surface area contributed by atoms with Gasteiger partial charge in [0.1, 0.15) is 5.52 Å². The molecule has 0 fully saturated rings. The van der Waals surface area contributed by atoms with E-state index < -0.39 is 0 Å². The summed E-state index contributed by atoms with van der Waals surface area (Å²) in [4.78, 5) is 4.56. The standard InChI is InChI=1S/C21H21BrN6O2/c1-4-9-30-17-8-5-13(10-18(17)29-3)12-23-26-21-24-20-19(25-27-21)15-11-14(22)6-7-16(15)28(20)2/h5-8,10-12H,4,9H2,1-3H3,(H,24,26,27)/b23-12+. The molecule has 1 N–H and O–H groups in total. The Kier molecular flexibility index (Phi) is 5.80. The van der Waals surface area contributed by atoms with Gasteiger partial charge in [-0.3, -0.25) is 0 Å². The number of aromatic nitrogens is 4. The van der Waals surface area contributed by atoms with Gasteiger partial charge in [0.15, 0.2) is 17.1 Å². The number of ether oxygens (including phenoxy) is 2. The Morgan fingerprint density at radius 2 is 2.03 bits per heavy atom. The molecule has 8 nitrogen and oxygen atoms in total. The lowest BCUT2D eigenvalue weighted by atomic mass is 10.2. The smallest absolute Gasteiger partial charge is 0.265 e. The first kappa shape index (κ1) is 20.1. The van der Waals surface area contributed by atoms with Gasteiger partial charge >= 0.3 is 0 Å². The molecule has 0 spiro atoms. The molecule has 4 rings (SSSR count). The monoisotopic (exact) mass is 468 g/mol. The highest BCUT2D eigenvalue weighted by Gasteiger charge is 2.12. The van der Waals surface area contributed by atoms with Gasteiger partial charge in [0.05, 0.1) is 25.4 Å². The number of hydrogen-bond acceptors (Lipinski definition) is 7. The molecular formula is C21H21BrN6O2. The number of nitrogens with zero attached hydrogens (tertiary/aromatic N) is 5. The van der Waals surface area contributed by atoms with Crippen molar-refractivity contribution in [1.82, 2.24) is 19.7 Å². The van der Waals surface area contributed by atoms with Crippen molar-refractivity contribution < 1.29 is 9.47 Å². The zero-order chi connectivity index (χ0) is 21.1. The van der Waals surface area contributed by atoms with Crippen LogP contribution in [0.25, 0.3) is 22.1 Å². The molecule has 30 heavy (non-hydrogen) atoms. The highest BCUT2D eigenvalue weighted by atomic mass is 79.9. The molecule has 0 aliphatic carbocycles. The summed E-state index contributed by atoms with van der Waals surface area (Å²) in [5.41, 5.74) is 6.21. The maximum atomic E-state index is 5.67. The fraction of sp³-hybridized carbons (Fsp3) is 0.238. The van der Waals surface area contributed by atoms with Crippen molar-refractivity contribution in [3.8, 4) is 11.5 Å². The van der Waals surface area contributed by atoms with Crippen LogP contribution >= 0.6 is 15.9 Å². The second kappa shape index (κ2) is 8.66. The molecule has 2 aromatic heterocycles. The third-order valence-corrected chi connectivity index (χ3v) is 5.08. The maximum absolute atomic E-state index is 5.67. The van der Waals surface area contributed by atoms with E-state index in [0.717, 1.165) is 38.5 Å². The lowest BCUT2D eigenvalue weighted by Gasteiger charge is -2.10. The summed E-state index contributed by atoms with van der Waals surface area (Å²) >= 11 is 3.50. The summed E-state index contributed by atoms with van der Waals surface area (Å²) in [7, 11) is 3.57. The number of halogens is 1. The van der Waals surface area contributed by atoms with E-state index in [-0.39, 0.29) is 0 Å². The minimum Gasteiger partial charge on any atom is -0.493 e. The SMILES string of the molecule is CCCOc1ccc(/C=N/Nc2nnc3c4cc(Br)ccc4n(C)c3n2)cc1OC. The largest absolute Gasteiger partial charge is 0.493 e. The predicted octanol–water partition coefficient (Wildman–Crippen LogP) is 4.52. The zero-order valence-electron chi connectivity index (χ0n) is 16.9. The molecule has 9 heteroatoms. The lowest BCUT2D eigenvalue weighted by molar-refractivity contribution is 0.294. The van der Waals surface area contributed by atoms with Gasteiger partial charge in [0.25, 0.3) is 5.95 Å². The van der Waals surface area contributed by atoms with E-state index in [2.05, 4.69) is 48.6 Å².